The highest BCUT2D eigenvalue weighted by Gasteiger charge is 2.14. The lowest BCUT2D eigenvalue weighted by molar-refractivity contribution is -0.384. The predicted octanol–water partition coefficient (Wildman–Crippen LogP) is 2.55. The maximum Gasteiger partial charge on any atom is 0.287 e. The monoisotopic (exact) mass is 254 g/mol. The fourth-order valence-corrected chi connectivity index (χ4v) is 1.44. The van der Waals surface area contributed by atoms with Crippen LogP contribution in [0.15, 0.2) is 30.9 Å². The second-order valence-corrected chi connectivity index (χ2v) is 3.66. The highest BCUT2D eigenvalue weighted by Crippen LogP contribution is 2.24. The van der Waals surface area contributed by atoms with E-state index in [4.69, 9.17) is 11.6 Å². The zero-order valence-electron chi connectivity index (χ0n) is 8.98. The van der Waals surface area contributed by atoms with E-state index >= 15 is 0 Å². The molecule has 0 aliphatic rings. The van der Waals surface area contributed by atoms with Crippen LogP contribution in [0.1, 0.15) is 16.8 Å². The number of nitrogens with one attached hydrogen (secondary N) is 1. The van der Waals surface area contributed by atoms with E-state index < -0.39 is 4.92 Å². The van der Waals surface area contributed by atoms with Crippen molar-refractivity contribution >= 4 is 23.2 Å². The Hall–Kier alpha value is -1.88. The van der Waals surface area contributed by atoms with E-state index in [-0.39, 0.29) is 16.6 Å². The highest BCUT2D eigenvalue weighted by molar-refractivity contribution is 6.33. The smallest absolute Gasteiger partial charge is 0.287 e. The number of halogens is 1. The van der Waals surface area contributed by atoms with E-state index in [1.165, 1.54) is 18.2 Å². The van der Waals surface area contributed by atoms with Gasteiger partial charge < -0.3 is 5.32 Å². The van der Waals surface area contributed by atoms with Crippen molar-refractivity contribution in [1.82, 2.24) is 5.32 Å². The summed E-state index contributed by atoms with van der Waals surface area (Å²) < 4.78 is 0. The fraction of sp³-hybridized carbons (Fsp3) is 0.182. The van der Waals surface area contributed by atoms with Crippen molar-refractivity contribution in [2.75, 3.05) is 6.54 Å². The van der Waals surface area contributed by atoms with Crippen LogP contribution in [0.25, 0.3) is 0 Å². The van der Waals surface area contributed by atoms with Crippen molar-refractivity contribution in [1.29, 1.82) is 0 Å². The Balaban J connectivity index is 2.79. The molecule has 0 bridgehead atoms. The first kappa shape index (κ1) is 13.2. The quantitative estimate of drug-likeness (QED) is 0.380. The van der Waals surface area contributed by atoms with Crippen LogP contribution < -0.4 is 5.32 Å². The molecule has 90 valence electrons. The maximum absolute atomic E-state index is 11.6. The molecule has 5 nitrogen and oxygen atoms in total. The molecule has 0 aliphatic carbocycles. The van der Waals surface area contributed by atoms with Gasteiger partial charge >= 0.3 is 0 Å². The lowest BCUT2D eigenvalue weighted by Gasteiger charge is -2.04. The van der Waals surface area contributed by atoms with Gasteiger partial charge in [0, 0.05) is 18.2 Å². The summed E-state index contributed by atoms with van der Waals surface area (Å²) in [5.74, 6) is -0.316. The fourth-order valence-electron chi connectivity index (χ4n) is 1.19. The van der Waals surface area contributed by atoms with Crippen LogP contribution in [0.3, 0.4) is 0 Å². The van der Waals surface area contributed by atoms with Gasteiger partial charge in [0.05, 0.1) is 4.92 Å². The molecule has 1 N–H and O–H groups in total. The van der Waals surface area contributed by atoms with Crippen LogP contribution in [0, 0.1) is 10.1 Å². The molecule has 0 unspecified atom stereocenters. The van der Waals surface area contributed by atoms with E-state index in [1.807, 2.05) is 0 Å². The Morgan fingerprint density at radius 2 is 2.29 bits per heavy atom. The summed E-state index contributed by atoms with van der Waals surface area (Å²) in [6, 6.07) is 3.86. The number of nitro benzene ring substituents is 1. The number of hydrogen-bond acceptors (Lipinski definition) is 3. The van der Waals surface area contributed by atoms with Gasteiger partial charge in [-0.1, -0.05) is 17.7 Å². The molecule has 17 heavy (non-hydrogen) atoms. The number of hydrogen-bond donors (Lipinski definition) is 1. The third-order valence-corrected chi connectivity index (χ3v) is 2.34. The second-order valence-electron chi connectivity index (χ2n) is 3.26. The summed E-state index contributed by atoms with van der Waals surface area (Å²) >= 11 is 5.69. The molecule has 0 fully saturated rings. The minimum Gasteiger partial charge on any atom is -0.352 e. The third kappa shape index (κ3) is 3.57. The lowest BCUT2D eigenvalue weighted by atomic mass is 10.2. The average molecular weight is 255 g/mol. The minimum atomic E-state index is -0.596. The number of nitro groups is 1. The third-order valence-electron chi connectivity index (χ3n) is 2.04. The minimum absolute atomic E-state index is 0.0497. The maximum atomic E-state index is 11.6. The van der Waals surface area contributed by atoms with E-state index in [9.17, 15) is 14.9 Å². The first-order valence-corrected chi connectivity index (χ1v) is 5.27. The Morgan fingerprint density at radius 3 is 2.82 bits per heavy atom. The summed E-state index contributed by atoms with van der Waals surface area (Å²) in [7, 11) is 0. The summed E-state index contributed by atoms with van der Waals surface area (Å²) in [5.41, 5.74) is 0.0824. The van der Waals surface area contributed by atoms with Crippen LogP contribution in [0.2, 0.25) is 5.02 Å². The Kier molecular flexibility index (Phi) is 4.66. The van der Waals surface area contributed by atoms with E-state index in [0.29, 0.717) is 18.5 Å². The van der Waals surface area contributed by atoms with Crippen molar-refractivity contribution in [3.8, 4) is 0 Å². The van der Waals surface area contributed by atoms with Crippen molar-refractivity contribution in [2.24, 2.45) is 0 Å². The Morgan fingerprint density at radius 1 is 1.59 bits per heavy atom. The molecular formula is C11H11ClN2O3. The molecule has 0 aliphatic heterocycles. The molecule has 0 saturated carbocycles. The van der Waals surface area contributed by atoms with E-state index in [2.05, 4.69) is 11.9 Å². The van der Waals surface area contributed by atoms with Crippen LogP contribution >= 0.6 is 11.6 Å². The molecule has 1 rings (SSSR count). The standard InChI is InChI=1S/C11H11ClN2O3/c1-2-3-6-13-11(15)8-4-5-10(14(16)17)9(12)7-8/h2,4-5,7H,1,3,6H2,(H,13,15). The highest BCUT2D eigenvalue weighted by atomic mass is 35.5. The molecular weight excluding hydrogens is 244 g/mol. The largest absolute Gasteiger partial charge is 0.352 e. The second kappa shape index (κ2) is 6.00. The Bertz CT molecular complexity index is 460. The van der Waals surface area contributed by atoms with Gasteiger partial charge in [-0.25, -0.2) is 0 Å². The first-order valence-electron chi connectivity index (χ1n) is 4.89. The van der Waals surface area contributed by atoms with Gasteiger partial charge in [0.25, 0.3) is 11.6 Å². The van der Waals surface area contributed by atoms with Crippen LogP contribution in [-0.4, -0.2) is 17.4 Å². The van der Waals surface area contributed by atoms with Gasteiger partial charge in [0.1, 0.15) is 5.02 Å². The number of carbonyl (C=O) groups is 1. The Labute approximate surface area is 103 Å². The van der Waals surface area contributed by atoms with Gasteiger partial charge in [0.2, 0.25) is 0 Å². The molecule has 1 aromatic rings. The molecule has 6 heteroatoms. The van der Waals surface area contributed by atoms with Crippen molar-refractivity contribution in [3.63, 3.8) is 0 Å². The summed E-state index contributed by atoms with van der Waals surface area (Å²) in [6.45, 7) is 4.00. The molecule has 1 amide bonds. The van der Waals surface area contributed by atoms with Gasteiger partial charge in [-0.2, -0.15) is 0 Å². The number of nitrogens with zero attached hydrogens (tertiary/aromatic N) is 1. The van der Waals surface area contributed by atoms with Gasteiger partial charge in [0.15, 0.2) is 0 Å². The number of carbonyl (C=O) groups excluding carboxylic acids is 1. The molecule has 0 atom stereocenters. The molecule has 0 spiro atoms. The van der Waals surface area contributed by atoms with E-state index in [0.717, 1.165) is 0 Å². The summed E-state index contributed by atoms with van der Waals surface area (Å²) in [6.07, 6.45) is 2.34. The van der Waals surface area contributed by atoms with Crippen molar-refractivity contribution in [3.05, 3.63) is 51.6 Å². The normalized spacial score (nSPS) is 9.71. The number of amides is 1. The van der Waals surface area contributed by atoms with Crippen molar-refractivity contribution in [2.45, 2.75) is 6.42 Å². The van der Waals surface area contributed by atoms with Crippen molar-refractivity contribution < 1.29 is 9.72 Å². The predicted molar refractivity (Wildman–Crippen MR) is 65.3 cm³/mol. The van der Waals surface area contributed by atoms with Crippen LogP contribution in [0.4, 0.5) is 5.69 Å². The molecule has 0 aromatic heterocycles. The summed E-state index contributed by atoms with van der Waals surface area (Å²) in [4.78, 5) is 21.5. The van der Waals surface area contributed by atoms with Gasteiger partial charge in [-0.3, -0.25) is 14.9 Å². The molecule has 0 saturated heterocycles. The lowest BCUT2D eigenvalue weighted by Crippen LogP contribution is -2.24. The van der Waals surface area contributed by atoms with E-state index in [1.54, 1.807) is 6.08 Å². The zero-order valence-corrected chi connectivity index (χ0v) is 9.74. The zero-order chi connectivity index (χ0) is 12.8. The average Bonchev–Trinajstić information content (AvgIpc) is 2.28. The molecule has 1 aromatic carbocycles. The molecule has 0 heterocycles. The van der Waals surface area contributed by atoms with Crippen LogP contribution in [-0.2, 0) is 0 Å². The van der Waals surface area contributed by atoms with Gasteiger partial charge in [-0.15, -0.1) is 6.58 Å². The number of benzene rings is 1. The molecule has 0 radical (unpaired) electrons. The number of rotatable bonds is 5. The first-order chi connectivity index (χ1) is 8.06. The topological polar surface area (TPSA) is 72.2 Å². The van der Waals surface area contributed by atoms with Crippen LogP contribution in [0.5, 0.6) is 0 Å². The summed E-state index contributed by atoms with van der Waals surface area (Å²) in [5, 5.41) is 13.1. The SMILES string of the molecule is C=CCCNC(=O)c1ccc([N+](=O)[O-])c(Cl)c1. The van der Waals surface area contributed by atoms with Gasteiger partial charge in [-0.05, 0) is 18.6 Å².